The summed E-state index contributed by atoms with van der Waals surface area (Å²) in [5.74, 6) is -0.0347. The molecule has 0 saturated heterocycles. The van der Waals surface area contributed by atoms with E-state index in [2.05, 4.69) is 17.2 Å². The number of halogens is 3. The first-order valence-corrected chi connectivity index (χ1v) is 9.08. The van der Waals surface area contributed by atoms with Gasteiger partial charge in [0.05, 0.1) is 17.1 Å². The van der Waals surface area contributed by atoms with Gasteiger partial charge in [-0.25, -0.2) is 4.98 Å². The van der Waals surface area contributed by atoms with E-state index >= 15 is 0 Å². The average Bonchev–Trinajstić information content (AvgIpc) is 3.00. The molecule has 1 atom stereocenters. The summed E-state index contributed by atoms with van der Waals surface area (Å²) in [6, 6.07) is 7.62. The molecule has 0 bridgehead atoms. The minimum atomic E-state index is -0.0347. The van der Waals surface area contributed by atoms with E-state index in [1.807, 2.05) is 29.6 Å². The topological polar surface area (TPSA) is 68.0 Å². The third kappa shape index (κ3) is 7.50. The maximum Gasteiger partial charge on any atom is 0.226 e. The lowest BCUT2D eigenvalue weighted by Crippen LogP contribution is -2.40. The summed E-state index contributed by atoms with van der Waals surface area (Å²) in [7, 11) is 0. The Hall–Kier alpha value is -0.850. The number of nitrogens with two attached hydrogens (primary N) is 1. The largest absolute Gasteiger partial charge is 0.352 e. The van der Waals surface area contributed by atoms with E-state index in [1.165, 1.54) is 11.3 Å². The number of hydrogen-bond donors (Lipinski definition) is 2. The van der Waals surface area contributed by atoms with Gasteiger partial charge in [-0.05, 0) is 12.5 Å². The molecular weight excluding hydrogens is 401 g/mol. The van der Waals surface area contributed by atoms with Crippen LogP contribution < -0.4 is 11.1 Å². The normalized spacial score (nSPS) is 11.2. The molecule has 0 radical (unpaired) electrons. The first kappa shape index (κ1) is 24.2. The zero-order chi connectivity index (χ0) is 16.7. The average molecular weight is 425 g/mol. The lowest BCUT2D eigenvalue weighted by atomic mass is 10.1. The molecule has 0 aliphatic heterocycles. The second kappa shape index (κ2) is 12.5. The Morgan fingerprint density at radius 1 is 1.36 bits per heavy atom. The molecule has 0 spiro atoms. The number of nitrogens with one attached hydrogen (secondary N) is 1. The Labute approximate surface area is 170 Å². The molecule has 1 amide bonds. The highest BCUT2D eigenvalue weighted by atomic mass is 35.5. The maximum atomic E-state index is 12.1. The van der Waals surface area contributed by atoms with Gasteiger partial charge in [0, 0.05) is 23.5 Å². The van der Waals surface area contributed by atoms with Crippen molar-refractivity contribution in [2.45, 2.75) is 38.6 Å². The molecule has 1 aromatic heterocycles. The van der Waals surface area contributed by atoms with Crippen molar-refractivity contribution >= 4 is 53.7 Å². The molecule has 2 aromatic rings. The fourth-order valence-corrected chi connectivity index (χ4v) is 3.43. The highest BCUT2D eigenvalue weighted by Gasteiger charge is 2.14. The van der Waals surface area contributed by atoms with Crippen molar-refractivity contribution in [1.29, 1.82) is 0 Å². The van der Waals surface area contributed by atoms with Gasteiger partial charge in [-0.2, -0.15) is 0 Å². The number of carbonyl (C=O) groups excluding carboxylic acids is 1. The van der Waals surface area contributed by atoms with Crippen LogP contribution in [0.5, 0.6) is 0 Å². The molecule has 0 saturated carbocycles. The fourth-order valence-electron chi connectivity index (χ4n) is 2.29. The summed E-state index contributed by atoms with van der Waals surface area (Å²) in [6.07, 6.45) is 3.35. The zero-order valence-corrected chi connectivity index (χ0v) is 17.2. The van der Waals surface area contributed by atoms with Crippen LogP contribution in [0.25, 0.3) is 10.6 Å². The summed E-state index contributed by atoms with van der Waals surface area (Å²) >= 11 is 7.68. The van der Waals surface area contributed by atoms with E-state index in [1.54, 1.807) is 0 Å². The SMILES string of the molecule is CCCCC(CN)NC(=O)Cc1csc(-c2ccccc2Cl)n1.Cl.Cl. The number of rotatable bonds is 8. The molecule has 0 aliphatic rings. The number of thiazole rings is 1. The predicted octanol–water partition coefficient (Wildman–Crippen LogP) is 4.48. The van der Waals surface area contributed by atoms with E-state index in [4.69, 9.17) is 17.3 Å². The van der Waals surface area contributed by atoms with Gasteiger partial charge in [-0.3, -0.25) is 4.79 Å². The second-order valence-electron chi connectivity index (χ2n) is 5.44. The van der Waals surface area contributed by atoms with Crippen LogP contribution in [0.2, 0.25) is 5.02 Å². The van der Waals surface area contributed by atoms with Gasteiger partial charge in [0.25, 0.3) is 0 Å². The van der Waals surface area contributed by atoms with E-state index < -0.39 is 0 Å². The number of hydrogen-bond acceptors (Lipinski definition) is 4. The number of unbranched alkanes of at least 4 members (excludes halogenated alkanes) is 1. The molecule has 0 aliphatic carbocycles. The van der Waals surface area contributed by atoms with E-state index in [9.17, 15) is 4.79 Å². The van der Waals surface area contributed by atoms with Gasteiger partial charge in [0.2, 0.25) is 5.91 Å². The molecule has 1 heterocycles. The van der Waals surface area contributed by atoms with Crippen molar-refractivity contribution in [1.82, 2.24) is 10.3 Å². The summed E-state index contributed by atoms with van der Waals surface area (Å²) in [4.78, 5) is 16.6. The highest BCUT2D eigenvalue weighted by Crippen LogP contribution is 2.30. The van der Waals surface area contributed by atoms with Crippen molar-refractivity contribution in [3.63, 3.8) is 0 Å². The molecule has 0 fully saturated rings. The van der Waals surface area contributed by atoms with Crippen LogP contribution in [0.15, 0.2) is 29.6 Å². The van der Waals surface area contributed by atoms with Crippen LogP contribution in [-0.2, 0) is 11.2 Å². The van der Waals surface area contributed by atoms with Gasteiger partial charge in [0.1, 0.15) is 5.01 Å². The molecule has 8 heteroatoms. The predicted molar refractivity (Wildman–Crippen MR) is 111 cm³/mol. The van der Waals surface area contributed by atoms with E-state index in [0.717, 1.165) is 35.5 Å². The lowest BCUT2D eigenvalue weighted by Gasteiger charge is -2.15. The van der Waals surface area contributed by atoms with Crippen LogP contribution in [0.1, 0.15) is 31.9 Å². The van der Waals surface area contributed by atoms with Crippen molar-refractivity contribution in [2.75, 3.05) is 6.54 Å². The van der Waals surface area contributed by atoms with Crippen LogP contribution >= 0.6 is 47.8 Å². The molecular formula is C17H24Cl3N3OS. The Bertz CT molecular complexity index is 652. The molecule has 2 rings (SSSR count). The minimum absolute atomic E-state index is 0. The van der Waals surface area contributed by atoms with Gasteiger partial charge in [-0.1, -0.05) is 49.6 Å². The molecule has 3 N–H and O–H groups in total. The number of amides is 1. The summed E-state index contributed by atoms with van der Waals surface area (Å²) in [5.41, 5.74) is 7.36. The van der Waals surface area contributed by atoms with Gasteiger partial charge >= 0.3 is 0 Å². The Kier molecular flexibility index (Phi) is 12.1. The monoisotopic (exact) mass is 423 g/mol. The second-order valence-corrected chi connectivity index (χ2v) is 6.71. The Morgan fingerprint density at radius 3 is 2.72 bits per heavy atom. The number of aromatic nitrogens is 1. The van der Waals surface area contributed by atoms with Crippen molar-refractivity contribution in [2.24, 2.45) is 5.73 Å². The molecule has 1 unspecified atom stereocenters. The molecule has 25 heavy (non-hydrogen) atoms. The maximum absolute atomic E-state index is 12.1. The molecule has 4 nitrogen and oxygen atoms in total. The van der Waals surface area contributed by atoms with Gasteiger partial charge in [0.15, 0.2) is 0 Å². The van der Waals surface area contributed by atoms with Gasteiger partial charge in [-0.15, -0.1) is 36.2 Å². The van der Waals surface area contributed by atoms with Crippen molar-refractivity contribution in [3.8, 4) is 10.6 Å². The Balaban J connectivity index is 0.00000288. The summed E-state index contributed by atoms with van der Waals surface area (Å²) < 4.78 is 0. The quantitative estimate of drug-likeness (QED) is 0.656. The number of carbonyl (C=O) groups is 1. The first-order chi connectivity index (χ1) is 11.1. The number of nitrogens with zero attached hydrogens (tertiary/aromatic N) is 1. The van der Waals surface area contributed by atoms with Crippen molar-refractivity contribution in [3.05, 3.63) is 40.4 Å². The van der Waals surface area contributed by atoms with Crippen LogP contribution in [-0.4, -0.2) is 23.5 Å². The minimum Gasteiger partial charge on any atom is -0.352 e. The highest BCUT2D eigenvalue weighted by molar-refractivity contribution is 7.13. The standard InChI is InChI=1S/C17H22ClN3OS.2ClH/c1-2-3-6-12(10-19)20-16(22)9-13-11-23-17(21-13)14-7-4-5-8-15(14)18;;/h4-5,7-8,11-12H,2-3,6,9-10,19H2,1H3,(H,20,22);2*1H. The summed E-state index contributed by atoms with van der Waals surface area (Å²) in [5, 5.41) is 6.39. The first-order valence-electron chi connectivity index (χ1n) is 7.82. The van der Waals surface area contributed by atoms with E-state index in [-0.39, 0.29) is 43.2 Å². The smallest absolute Gasteiger partial charge is 0.226 e. The molecule has 1 aromatic carbocycles. The van der Waals surface area contributed by atoms with Crippen LogP contribution in [0.3, 0.4) is 0 Å². The number of benzene rings is 1. The third-order valence-corrected chi connectivity index (χ3v) is 4.81. The Morgan fingerprint density at radius 2 is 2.08 bits per heavy atom. The lowest BCUT2D eigenvalue weighted by molar-refractivity contribution is -0.121. The zero-order valence-electron chi connectivity index (χ0n) is 14.0. The van der Waals surface area contributed by atoms with Gasteiger partial charge < -0.3 is 11.1 Å². The van der Waals surface area contributed by atoms with E-state index in [0.29, 0.717) is 11.6 Å². The molecule has 140 valence electrons. The van der Waals surface area contributed by atoms with Crippen molar-refractivity contribution < 1.29 is 4.79 Å². The third-order valence-electron chi connectivity index (χ3n) is 3.55. The van der Waals surface area contributed by atoms with Crippen LogP contribution in [0.4, 0.5) is 0 Å². The van der Waals surface area contributed by atoms with Crippen LogP contribution in [0, 0.1) is 0 Å². The summed E-state index contributed by atoms with van der Waals surface area (Å²) in [6.45, 7) is 2.59. The fraction of sp³-hybridized carbons (Fsp3) is 0.412.